The summed E-state index contributed by atoms with van der Waals surface area (Å²) in [4.78, 5) is 26.0. The van der Waals surface area contributed by atoms with E-state index in [1.807, 2.05) is 25.7 Å². The molecule has 0 aliphatic carbocycles. The van der Waals surface area contributed by atoms with Crippen molar-refractivity contribution in [2.45, 2.75) is 40.0 Å². The summed E-state index contributed by atoms with van der Waals surface area (Å²) in [5.41, 5.74) is -0.393. The number of nitrogens with zero attached hydrogens (tertiary/aromatic N) is 1. The minimum Gasteiger partial charge on any atom is -0.355 e. The highest BCUT2D eigenvalue weighted by Gasteiger charge is 2.31. The highest BCUT2D eigenvalue weighted by molar-refractivity contribution is 5.85. The number of rotatable bonds is 3. The van der Waals surface area contributed by atoms with Crippen molar-refractivity contribution in [1.82, 2.24) is 15.5 Å². The molecule has 2 fully saturated rings. The van der Waals surface area contributed by atoms with Gasteiger partial charge in [0.1, 0.15) is 0 Å². The van der Waals surface area contributed by atoms with Crippen molar-refractivity contribution in [3.63, 3.8) is 0 Å². The molecule has 2 amide bonds. The van der Waals surface area contributed by atoms with Gasteiger partial charge in [-0.1, -0.05) is 20.8 Å². The van der Waals surface area contributed by atoms with E-state index in [1.165, 1.54) is 0 Å². The Kier molecular flexibility index (Phi) is 7.13. The number of nitrogens with one attached hydrogen (secondary N) is 2. The Morgan fingerprint density at radius 3 is 2.18 bits per heavy atom. The van der Waals surface area contributed by atoms with Gasteiger partial charge in [-0.15, -0.1) is 12.4 Å². The number of likely N-dealkylation sites (tertiary alicyclic amines) is 1. The van der Waals surface area contributed by atoms with Crippen LogP contribution in [-0.4, -0.2) is 49.4 Å². The Morgan fingerprint density at radius 1 is 1.14 bits per heavy atom. The van der Waals surface area contributed by atoms with Gasteiger partial charge >= 0.3 is 0 Å². The summed E-state index contributed by atoms with van der Waals surface area (Å²) in [6.45, 7) is 10.0. The van der Waals surface area contributed by atoms with Crippen LogP contribution in [0.1, 0.15) is 40.0 Å². The third-order valence-corrected chi connectivity index (χ3v) is 4.68. The van der Waals surface area contributed by atoms with Crippen LogP contribution < -0.4 is 10.6 Å². The van der Waals surface area contributed by atoms with Crippen molar-refractivity contribution in [2.75, 3.05) is 32.7 Å². The van der Waals surface area contributed by atoms with Gasteiger partial charge in [-0.25, -0.2) is 0 Å². The molecule has 0 aromatic rings. The lowest BCUT2D eigenvalue weighted by molar-refractivity contribution is -0.131. The SMILES string of the molecule is CC(C)(C)C(=O)NCCC(=O)N1CC[C@@H]2CNC[C@@H]2CC1.Cl. The molecule has 2 atom stereocenters. The molecule has 0 unspecified atom stereocenters. The van der Waals surface area contributed by atoms with Crippen molar-refractivity contribution in [2.24, 2.45) is 17.3 Å². The average molecular weight is 332 g/mol. The van der Waals surface area contributed by atoms with Gasteiger partial charge in [0.15, 0.2) is 0 Å². The van der Waals surface area contributed by atoms with Crippen LogP contribution in [-0.2, 0) is 9.59 Å². The number of carbonyl (C=O) groups is 2. The van der Waals surface area contributed by atoms with Crippen LogP contribution >= 0.6 is 12.4 Å². The van der Waals surface area contributed by atoms with E-state index in [1.54, 1.807) is 0 Å². The fourth-order valence-corrected chi connectivity index (χ4v) is 3.17. The molecule has 2 N–H and O–H groups in total. The topological polar surface area (TPSA) is 61.4 Å². The zero-order chi connectivity index (χ0) is 15.5. The highest BCUT2D eigenvalue weighted by Crippen LogP contribution is 2.27. The van der Waals surface area contributed by atoms with E-state index in [0.29, 0.717) is 13.0 Å². The first-order chi connectivity index (χ1) is 9.88. The molecule has 128 valence electrons. The number of hydrogen-bond donors (Lipinski definition) is 2. The van der Waals surface area contributed by atoms with Crippen LogP contribution in [0.5, 0.6) is 0 Å². The fourth-order valence-electron chi connectivity index (χ4n) is 3.17. The average Bonchev–Trinajstić information content (AvgIpc) is 2.76. The Labute approximate surface area is 140 Å². The monoisotopic (exact) mass is 331 g/mol. The summed E-state index contributed by atoms with van der Waals surface area (Å²) in [7, 11) is 0. The summed E-state index contributed by atoms with van der Waals surface area (Å²) < 4.78 is 0. The smallest absolute Gasteiger partial charge is 0.225 e. The molecule has 0 bridgehead atoms. The van der Waals surface area contributed by atoms with Gasteiger partial charge in [0.2, 0.25) is 11.8 Å². The highest BCUT2D eigenvalue weighted by atomic mass is 35.5. The largest absolute Gasteiger partial charge is 0.355 e. The van der Waals surface area contributed by atoms with Crippen molar-refractivity contribution in [3.8, 4) is 0 Å². The van der Waals surface area contributed by atoms with Crippen LogP contribution in [0.4, 0.5) is 0 Å². The molecular formula is C16H30ClN3O2. The lowest BCUT2D eigenvalue weighted by Crippen LogP contribution is -2.39. The van der Waals surface area contributed by atoms with Gasteiger partial charge in [0.05, 0.1) is 0 Å². The first kappa shape index (κ1) is 19.2. The van der Waals surface area contributed by atoms with Crippen LogP contribution in [0.2, 0.25) is 0 Å². The zero-order valence-corrected chi connectivity index (χ0v) is 14.8. The molecule has 22 heavy (non-hydrogen) atoms. The molecule has 2 saturated heterocycles. The molecule has 0 aromatic heterocycles. The van der Waals surface area contributed by atoms with E-state index in [2.05, 4.69) is 10.6 Å². The summed E-state index contributed by atoms with van der Waals surface area (Å²) >= 11 is 0. The maximum absolute atomic E-state index is 12.3. The van der Waals surface area contributed by atoms with E-state index in [0.717, 1.165) is 50.9 Å². The fraction of sp³-hybridized carbons (Fsp3) is 0.875. The lowest BCUT2D eigenvalue weighted by Gasteiger charge is -2.22. The quantitative estimate of drug-likeness (QED) is 0.822. The van der Waals surface area contributed by atoms with Crippen LogP contribution in [0.15, 0.2) is 0 Å². The zero-order valence-electron chi connectivity index (χ0n) is 14.0. The molecule has 6 heteroatoms. The number of carbonyl (C=O) groups excluding carboxylic acids is 2. The molecule has 2 rings (SSSR count). The normalized spacial score (nSPS) is 25.0. The van der Waals surface area contributed by atoms with Gasteiger partial charge in [-0.05, 0) is 37.8 Å². The Morgan fingerprint density at radius 2 is 1.68 bits per heavy atom. The third kappa shape index (κ3) is 5.13. The van der Waals surface area contributed by atoms with Crippen LogP contribution in [0.3, 0.4) is 0 Å². The molecule has 5 nitrogen and oxygen atoms in total. The Balaban J connectivity index is 0.00000242. The van der Waals surface area contributed by atoms with E-state index in [4.69, 9.17) is 0 Å². The number of fused-ring (bicyclic) bond motifs is 1. The molecular weight excluding hydrogens is 302 g/mol. The van der Waals surface area contributed by atoms with Gasteiger partial charge in [-0.3, -0.25) is 9.59 Å². The van der Waals surface area contributed by atoms with E-state index in [9.17, 15) is 9.59 Å². The van der Waals surface area contributed by atoms with Gasteiger partial charge in [0, 0.05) is 31.5 Å². The third-order valence-electron chi connectivity index (χ3n) is 4.68. The first-order valence-corrected chi connectivity index (χ1v) is 8.14. The van der Waals surface area contributed by atoms with Crippen molar-refractivity contribution >= 4 is 24.2 Å². The predicted molar refractivity (Wildman–Crippen MR) is 90.0 cm³/mol. The molecule has 2 heterocycles. The summed E-state index contributed by atoms with van der Waals surface area (Å²) in [5, 5.41) is 6.30. The van der Waals surface area contributed by atoms with Crippen LogP contribution in [0.25, 0.3) is 0 Å². The second kappa shape index (κ2) is 8.16. The van der Waals surface area contributed by atoms with Crippen LogP contribution in [0, 0.1) is 17.3 Å². The first-order valence-electron chi connectivity index (χ1n) is 8.14. The standard InChI is InChI=1S/C16H29N3O2.ClH/c1-16(2,3)15(21)18-7-4-14(20)19-8-5-12-10-17-11-13(12)6-9-19;/h12-13,17H,4-11H2,1-3H3,(H,18,21);1H/t12-,13+;. The molecule has 0 saturated carbocycles. The number of hydrogen-bond acceptors (Lipinski definition) is 3. The summed E-state index contributed by atoms with van der Waals surface area (Å²) in [6.07, 6.45) is 2.63. The lowest BCUT2D eigenvalue weighted by atomic mass is 9.92. The minimum atomic E-state index is -0.393. The van der Waals surface area contributed by atoms with Crippen molar-refractivity contribution < 1.29 is 9.59 Å². The second-order valence-corrected chi connectivity index (χ2v) is 7.39. The Bertz CT molecular complexity index is 381. The number of amides is 2. The molecule has 0 aromatic carbocycles. The van der Waals surface area contributed by atoms with Crippen molar-refractivity contribution in [3.05, 3.63) is 0 Å². The maximum Gasteiger partial charge on any atom is 0.225 e. The summed E-state index contributed by atoms with van der Waals surface area (Å²) in [5.74, 6) is 1.66. The molecule has 2 aliphatic rings. The Hall–Kier alpha value is -0.810. The van der Waals surface area contributed by atoms with E-state index in [-0.39, 0.29) is 24.2 Å². The molecule has 0 radical (unpaired) electrons. The maximum atomic E-state index is 12.3. The van der Waals surface area contributed by atoms with Crippen molar-refractivity contribution in [1.29, 1.82) is 0 Å². The van der Waals surface area contributed by atoms with E-state index < -0.39 is 5.41 Å². The predicted octanol–water partition coefficient (Wildman–Crippen LogP) is 1.42. The summed E-state index contributed by atoms with van der Waals surface area (Å²) in [6, 6.07) is 0. The van der Waals surface area contributed by atoms with Gasteiger partial charge in [-0.2, -0.15) is 0 Å². The molecule has 2 aliphatic heterocycles. The second-order valence-electron chi connectivity index (χ2n) is 7.39. The van der Waals surface area contributed by atoms with E-state index >= 15 is 0 Å². The van der Waals surface area contributed by atoms with Gasteiger partial charge < -0.3 is 15.5 Å². The minimum absolute atomic E-state index is 0. The van der Waals surface area contributed by atoms with Gasteiger partial charge in [0.25, 0.3) is 0 Å². The number of halogens is 1. The molecule has 0 spiro atoms.